The van der Waals surface area contributed by atoms with Gasteiger partial charge in [-0.05, 0) is 0 Å². The first-order chi connectivity index (χ1) is 6.97. The Morgan fingerprint density at radius 2 is 1.93 bits per heavy atom. The van der Waals surface area contributed by atoms with E-state index >= 15 is 0 Å². The monoisotopic (exact) mass is 218 g/mol. The van der Waals surface area contributed by atoms with Crippen molar-refractivity contribution < 1.29 is 24.2 Å². The number of hydrogen-bond acceptors (Lipinski definition) is 4. The number of hydrogen-bond donors (Lipinski definition) is 2. The molecule has 0 aromatic carbocycles. The molecule has 3 N–H and O–H groups in total. The van der Waals surface area contributed by atoms with Crippen molar-refractivity contribution in [2.75, 3.05) is 26.8 Å². The minimum Gasteiger partial charge on any atom is -0.480 e. The van der Waals surface area contributed by atoms with Crippen molar-refractivity contribution in [2.24, 2.45) is 5.73 Å². The lowest BCUT2D eigenvalue weighted by molar-refractivity contribution is -0.146. The number of rotatable bonds is 7. The molecule has 86 valence electrons. The molecule has 0 aromatic heterocycles. The summed E-state index contributed by atoms with van der Waals surface area (Å²) in [5.74, 6) is -2.41. The molecular weight excluding hydrogens is 204 g/mol. The van der Waals surface area contributed by atoms with E-state index in [1.165, 1.54) is 7.11 Å². The second-order valence-electron chi connectivity index (χ2n) is 2.85. The van der Waals surface area contributed by atoms with Crippen LogP contribution in [0.1, 0.15) is 6.42 Å². The van der Waals surface area contributed by atoms with Crippen molar-refractivity contribution >= 4 is 17.8 Å². The molecule has 0 aromatic rings. The van der Waals surface area contributed by atoms with Crippen LogP contribution in [-0.2, 0) is 19.1 Å². The van der Waals surface area contributed by atoms with Gasteiger partial charge >= 0.3 is 5.97 Å². The molecule has 0 aliphatic heterocycles. The van der Waals surface area contributed by atoms with E-state index in [2.05, 4.69) is 4.74 Å². The SMILES string of the molecule is COCCC(=O)N(CC(N)=O)CC(=O)O. The summed E-state index contributed by atoms with van der Waals surface area (Å²) in [7, 11) is 1.42. The van der Waals surface area contributed by atoms with Gasteiger partial charge in [0.1, 0.15) is 6.54 Å². The number of aliphatic carboxylic acids is 1. The fourth-order valence-electron chi connectivity index (χ4n) is 0.931. The van der Waals surface area contributed by atoms with E-state index in [1.54, 1.807) is 0 Å². The lowest BCUT2D eigenvalue weighted by Gasteiger charge is -2.18. The minimum absolute atomic E-state index is 0.0249. The van der Waals surface area contributed by atoms with Crippen LogP contribution >= 0.6 is 0 Å². The Balaban J connectivity index is 4.26. The molecule has 7 heteroatoms. The molecule has 0 fully saturated rings. The van der Waals surface area contributed by atoms with Gasteiger partial charge in [-0.3, -0.25) is 14.4 Å². The molecule has 0 heterocycles. The average Bonchev–Trinajstić information content (AvgIpc) is 2.11. The summed E-state index contributed by atoms with van der Waals surface area (Å²) in [6.07, 6.45) is 0.0249. The van der Waals surface area contributed by atoms with Crippen LogP contribution in [0.25, 0.3) is 0 Å². The minimum atomic E-state index is -1.19. The van der Waals surface area contributed by atoms with Crippen molar-refractivity contribution in [1.82, 2.24) is 4.90 Å². The number of carboxylic acids is 1. The number of carboxylic acid groups (broad SMARTS) is 1. The van der Waals surface area contributed by atoms with Gasteiger partial charge in [0.2, 0.25) is 11.8 Å². The summed E-state index contributed by atoms with van der Waals surface area (Å²) >= 11 is 0. The van der Waals surface area contributed by atoms with E-state index < -0.39 is 30.9 Å². The third kappa shape index (κ3) is 6.44. The van der Waals surface area contributed by atoms with Gasteiger partial charge in [0.15, 0.2) is 0 Å². The standard InChI is InChI=1S/C8H14N2O5/c1-15-3-2-7(12)10(4-6(9)11)5-8(13)14/h2-5H2,1H3,(H2,9,11)(H,13,14). The van der Waals surface area contributed by atoms with Crippen molar-refractivity contribution in [3.8, 4) is 0 Å². The van der Waals surface area contributed by atoms with Gasteiger partial charge < -0.3 is 20.5 Å². The van der Waals surface area contributed by atoms with Crippen LogP contribution in [0.4, 0.5) is 0 Å². The van der Waals surface area contributed by atoms with E-state index in [4.69, 9.17) is 10.8 Å². The van der Waals surface area contributed by atoms with Gasteiger partial charge in [-0.2, -0.15) is 0 Å². The number of carbonyl (C=O) groups excluding carboxylic acids is 2. The lowest BCUT2D eigenvalue weighted by atomic mass is 10.3. The Bertz CT molecular complexity index is 237. The Morgan fingerprint density at radius 1 is 1.33 bits per heavy atom. The highest BCUT2D eigenvalue weighted by molar-refractivity contribution is 5.86. The summed E-state index contributed by atoms with van der Waals surface area (Å²) < 4.78 is 4.66. The molecule has 7 nitrogen and oxygen atoms in total. The van der Waals surface area contributed by atoms with Crippen LogP contribution in [0.15, 0.2) is 0 Å². The zero-order valence-electron chi connectivity index (χ0n) is 8.43. The predicted molar refractivity (Wildman–Crippen MR) is 49.9 cm³/mol. The van der Waals surface area contributed by atoms with E-state index in [0.717, 1.165) is 4.90 Å². The van der Waals surface area contributed by atoms with E-state index in [9.17, 15) is 14.4 Å². The zero-order chi connectivity index (χ0) is 11.8. The summed E-state index contributed by atoms with van der Waals surface area (Å²) in [4.78, 5) is 33.2. The number of nitrogens with zero attached hydrogens (tertiary/aromatic N) is 1. The first-order valence-electron chi connectivity index (χ1n) is 4.24. The number of carbonyl (C=O) groups is 3. The van der Waals surface area contributed by atoms with Crippen molar-refractivity contribution in [2.45, 2.75) is 6.42 Å². The second kappa shape index (κ2) is 6.77. The molecule has 15 heavy (non-hydrogen) atoms. The normalized spacial score (nSPS) is 9.67. The average molecular weight is 218 g/mol. The van der Waals surface area contributed by atoms with Crippen LogP contribution in [0.2, 0.25) is 0 Å². The van der Waals surface area contributed by atoms with Gasteiger partial charge in [0.25, 0.3) is 0 Å². The van der Waals surface area contributed by atoms with Crippen LogP contribution in [0.3, 0.4) is 0 Å². The van der Waals surface area contributed by atoms with Crippen LogP contribution in [0, 0.1) is 0 Å². The molecule has 0 bridgehead atoms. The van der Waals surface area contributed by atoms with Crippen LogP contribution in [0.5, 0.6) is 0 Å². The maximum absolute atomic E-state index is 11.3. The van der Waals surface area contributed by atoms with Gasteiger partial charge in [-0.1, -0.05) is 0 Å². The second-order valence-corrected chi connectivity index (χ2v) is 2.85. The lowest BCUT2D eigenvalue weighted by Crippen LogP contribution is -2.41. The highest BCUT2D eigenvalue weighted by atomic mass is 16.5. The first kappa shape index (κ1) is 13.4. The highest BCUT2D eigenvalue weighted by Crippen LogP contribution is 1.94. The number of nitrogens with two attached hydrogens (primary N) is 1. The molecule has 0 aliphatic carbocycles. The van der Waals surface area contributed by atoms with E-state index in [1.807, 2.05) is 0 Å². The number of amides is 2. The maximum atomic E-state index is 11.3. The Labute approximate surface area is 86.8 Å². The van der Waals surface area contributed by atoms with Crippen molar-refractivity contribution in [3.05, 3.63) is 0 Å². The molecule has 2 amide bonds. The Morgan fingerprint density at radius 3 is 2.33 bits per heavy atom. The summed E-state index contributed by atoms with van der Waals surface area (Å²) in [5.41, 5.74) is 4.88. The molecule has 0 atom stereocenters. The zero-order valence-corrected chi connectivity index (χ0v) is 8.43. The fraction of sp³-hybridized carbons (Fsp3) is 0.625. The van der Waals surface area contributed by atoms with Gasteiger partial charge in [0.05, 0.1) is 19.6 Å². The van der Waals surface area contributed by atoms with Crippen molar-refractivity contribution in [3.63, 3.8) is 0 Å². The third-order valence-electron chi connectivity index (χ3n) is 1.55. The summed E-state index contributed by atoms with van der Waals surface area (Å²) in [6.45, 7) is -0.756. The Kier molecular flexibility index (Phi) is 6.03. The molecule has 0 radical (unpaired) electrons. The highest BCUT2D eigenvalue weighted by Gasteiger charge is 2.17. The molecule has 0 spiro atoms. The quantitative estimate of drug-likeness (QED) is 0.536. The molecule has 0 saturated carbocycles. The summed E-state index contributed by atoms with van der Waals surface area (Å²) in [6, 6.07) is 0. The summed E-state index contributed by atoms with van der Waals surface area (Å²) in [5, 5.41) is 8.49. The van der Waals surface area contributed by atoms with Crippen LogP contribution < -0.4 is 5.73 Å². The molecule has 0 saturated heterocycles. The van der Waals surface area contributed by atoms with Gasteiger partial charge in [0, 0.05) is 7.11 Å². The number of primary amides is 1. The third-order valence-corrected chi connectivity index (χ3v) is 1.55. The van der Waals surface area contributed by atoms with Crippen molar-refractivity contribution in [1.29, 1.82) is 0 Å². The van der Waals surface area contributed by atoms with Gasteiger partial charge in [-0.15, -0.1) is 0 Å². The smallest absolute Gasteiger partial charge is 0.323 e. The van der Waals surface area contributed by atoms with E-state index in [0.29, 0.717) is 0 Å². The van der Waals surface area contributed by atoms with Crippen LogP contribution in [-0.4, -0.2) is 54.6 Å². The Hall–Kier alpha value is -1.63. The molecule has 0 aliphatic rings. The first-order valence-corrected chi connectivity index (χ1v) is 4.24. The van der Waals surface area contributed by atoms with Gasteiger partial charge in [-0.25, -0.2) is 0 Å². The largest absolute Gasteiger partial charge is 0.480 e. The molecule has 0 unspecified atom stereocenters. The predicted octanol–water partition coefficient (Wildman–Crippen LogP) is -1.58. The maximum Gasteiger partial charge on any atom is 0.323 e. The topological polar surface area (TPSA) is 110 Å². The fourth-order valence-corrected chi connectivity index (χ4v) is 0.931. The molecular formula is C8H14N2O5. The number of ether oxygens (including phenoxy) is 1. The van der Waals surface area contributed by atoms with E-state index in [-0.39, 0.29) is 13.0 Å². The number of methoxy groups -OCH3 is 1. The molecule has 0 rings (SSSR count).